The number of likely N-dealkylation sites (tertiary alicyclic amines) is 1. The number of aromatic nitrogens is 2. The summed E-state index contributed by atoms with van der Waals surface area (Å²) in [5.74, 6) is 5.67. The number of ether oxygens (including phenoxy) is 1. The van der Waals surface area contributed by atoms with Crippen molar-refractivity contribution in [2.24, 2.45) is 11.8 Å². The number of hydrogen-bond donors (Lipinski definition) is 2. The molecule has 1 unspecified atom stereocenters. The molecule has 1 aromatic heterocycles. The van der Waals surface area contributed by atoms with E-state index in [1.807, 2.05) is 6.92 Å². The van der Waals surface area contributed by atoms with E-state index in [2.05, 4.69) is 20.3 Å². The zero-order valence-electron chi connectivity index (χ0n) is 11.7. The molecule has 2 heterocycles. The maximum Gasteiger partial charge on any atom is 0.310 e. The molecule has 0 aromatic carbocycles. The molecule has 7 heteroatoms. The predicted molar refractivity (Wildman–Crippen MR) is 74.5 cm³/mol. The second-order valence-electron chi connectivity index (χ2n) is 4.86. The second-order valence-corrected chi connectivity index (χ2v) is 4.86. The molecule has 1 aliphatic rings. The topological polar surface area (TPSA) is 93.4 Å². The van der Waals surface area contributed by atoms with E-state index in [-0.39, 0.29) is 11.9 Å². The molecule has 1 saturated heterocycles. The smallest absolute Gasteiger partial charge is 0.310 e. The molecule has 1 aromatic rings. The normalized spacial score (nSPS) is 19.6. The largest absolute Gasteiger partial charge is 0.466 e. The van der Waals surface area contributed by atoms with Gasteiger partial charge in [-0.05, 0) is 26.3 Å². The Morgan fingerprint density at radius 2 is 2.40 bits per heavy atom. The molecular formula is C13H21N5O2. The maximum absolute atomic E-state index is 11.8. The lowest BCUT2D eigenvalue weighted by atomic mass is 9.98. The fourth-order valence-corrected chi connectivity index (χ4v) is 2.39. The number of nitrogens with one attached hydrogen (secondary N) is 1. The van der Waals surface area contributed by atoms with Crippen molar-refractivity contribution in [2.45, 2.75) is 26.3 Å². The quantitative estimate of drug-likeness (QED) is 0.461. The first kappa shape index (κ1) is 14.7. The van der Waals surface area contributed by atoms with Gasteiger partial charge in [0, 0.05) is 13.1 Å². The Labute approximate surface area is 118 Å². The van der Waals surface area contributed by atoms with E-state index < -0.39 is 0 Å². The van der Waals surface area contributed by atoms with Crippen molar-refractivity contribution in [1.82, 2.24) is 14.9 Å². The number of carbonyl (C=O) groups is 1. The van der Waals surface area contributed by atoms with Crippen LogP contribution in [-0.2, 0) is 16.1 Å². The SMILES string of the molecule is CCOC(=O)C1CCCN(Cc2cnc(NN)cn2)C1. The third-order valence-electron chi connectivity index (χ3n) is 3.36. The van der Waals surface area contributed by atoms with Gasteiger partial charge in [0.05, 0.1) is 30.6 Å². The minimum absolute atomic E-state index is 0.0263. The summed E-state index contributed by atoms with van der Waals surface area (Å²) >= 11 is 0. The minimum Gasteiger partial charge on any atom is -0.466 e. The van der Waals surface area contributed by atoms with Gasteiger partial charge in [0.15, 0.2) is 5.82 Å². The van der Waals surface area contributed by atoms with Crippen molar-refractivity contribution in [3.63, 3.8) is 0 Å². The lowest BCUT2D eigenvalue weighted by Gasteiger charge is -2.31. The number of nitrogens with zero attached hydrogens (tertiary/aromatic N) is 3. The minimum atomic E-state index is -0.0917. The number of nitrogens with two attached hydrogens (primary N) is 1. The van der Waals surface area contributed by atoms with Crippen LogP contribution in [0, 0.1) is 5.92 Å². The highest BCUT2D eigenvalue weighted by Gasteiger charge is 2.26. The van der Waals surface area contributed by atoms with Gasteiger partial charge in [0.2, 0.25) is 0 Å². The van der Waals surface area contributed by atoms with E-state index in [0.29, 0.717) is 19.0 Å². The summed E-state index contributed by atoms with van der Waals surface area (Å²) in [4.78, 5) is 22.4. The summed E-state index contributed by atoms with van der Waals surface area (Å²) in [6, 6.07) is 0. The molecule has 0 bridgehead atoms. The predicted octanol–water partition coefficient (Wildman–Crippen LogP) is 0.537. The highest BCUT2D eigenvalue weighted by atomic mass is 16.5. The van der Waals surface area contributed by atoms with Crippen LogP contribution in [0.3, 0.4) is 0 Å². The monoisotopic (exact) mass is 279 g/mol. The van der Waals surface area contributed by atoms with Crippen molar-refractivity contribution in [1.29, 1.82) is 0 Å². The third-order valence-corrected chi connectivity index (χ3v) is 3.36. The van der Waals surface area contributed by atoms with E-state index in [1.165, 1.54) is 0 Å². The van der Waals surface area contributed by atoms with Crippen molar-refractivity contribution < 1.29 is 9.53 Å². The fraction of sp³-hybridized carbons (Fsp3) is 0.615. The van der Waals surface area contributed by atoms with Crippen molar-refractivity contribution in [2.75, 3.05) is 25.1 Å². The number of nitrogen functional groups attached to an aromatic ring is 1. The standard InChI is InChI=1S/C13H21N5O2/c1-2-20-13(19)10-4-3-5-18(8-10)9-11-6-16-12(17-14)7-15-11/h6-7,10H,2-5,8-9,14H2,1H3,(H,16,17). The number of rotatable bonds is 5. The second kappa shape index (κ2) is 7.16. The Bertz CT molecular complexity index is 437. The maximum atomic E-state index is 11.8. The van der Waals surface area contributed by atoms with Gasteiger partial charge in [-0.2, -0.15) is 0 Å². The molecular weight excluding hydrogens is 258 g/mol. The average molecular weight is 279 g/mol. The van der Waals surface area contributed by atoms with Crippen LogP contribution in [0.2, 0.25) is 0 Å². The van der Waals surface area contributed by atoms with E-state index in [1.54, 1.807) is 12.4 Å². The van der Waals surface area contributed by atoms with Gasteiger partial charge < -0.3 is 10.2 Å². The van der Waals surface area contributed by atoms with E-state index >= 15 is 0 Å². The molecule has 0 amide bonds. The highest BCUT2D eigenvalue weighted by Crippen LogP contribution is 2.19. The van der Waals surface area contributed by atoms with Crippen LogP contribution in [0.1, 0.15) is 25.5 Å². The molecule has 20 heavy (non-hydrogen) atoms. The van der Waals surface area contributed by atoms with Crippen molar-refractivity contribution >= 4 is 11.8 Å². The molecule has 2 rings (SSSR count). The molecule has 0 radical (unpaired) electrons. The Morgan fingerprint density at radius 1 is 1.55 bits per heavy atom. The van der Waals surface area contributed by atoms with Crippen LogP contribution in [0.4, 0.5) is 5.82 Å². The van der Waals surface area contributed by atoms with Crippen LogP contribution < -0.4 is 11.3 Å². The first-order chi connectivity index (χ1) is 9.72. The molecule has 0 spiro atoms. The molecule has 1 fully saturated rings. The van der Waals surface area contributed by atoms with Crippen LogP contribution >= 0.6 is 0 Å². The molecule has 3 N–H and O–H groups in total. The third kappa shape index (κ3) is 3.88. The summed E-state index contributed by atoms with van der Waals surface area (Å²) in [6.45, 7) is 4.65. The number of hydrazine groups is 1. The van der Waals surface area contributed by atoms with Crippen LogP contribution in [-0.4, -0.2) is 40.5 Å². The number of carbonyl (C=O) groups excluding carboxylic acids is 1. The molecule has 0 saturated carbocycles. The average Bonchev–Trinajstić information content (AvgIpc) is 2.48. The Kier molecular flexibility index (Phi) is 5.25. The van der Waals surface area contributed by atoms with Crippen LogP contribution in [0.25, 0.3) is 0 Å². The number of hydrogen-bond acceptors (Lipinski definition) is 7. The van der Waals surface area contributed by atoms with Gasteiger partial charge in [-0.25, -0.2) is 10.8 Å². The first-order valence-corrected chi connectivity index (χ1v) is 6.89. The summed E-state index contributed by atoms with van der Waals surface area (Å²) in [6.07, 6.45) is 5.20. The Morgan fingerprint density at radius 3 is 3.05 bits per heavy atom. The molecule has 7 nitrogen and oxygen atoms in total. The Balaban J connectivity index is 1.90. The summed E-state index contributed by atoms with van der Waals surface area (Å²) in [5.41, 5.74) is 3.31. The first-order valence-electron chi connectivity index (χ1n) is 6.89. The summed E-state index contributed by atoms with van der Waals surface area (Å²) < 4.78 is 5.09. The number of esters is 1. The molecule has 1 aliphatic heterocycles. The number of piperidine rings is 1. The zero-order valence-corrected chi connectivity index (χ0v) is 11.7. The lowest BCUT2D eigenvalue weighted by Crippen LogP contribution is -2.39. The van der Waals surface area contributed by atoms with Crippen molar-refractivity contribution in [3.05, 3.63) is 18.1 Å². The molecule has 0 aliphatic carbocycles. The van der Waals surface area contributed by atoms with Gasteiger partial charge in [-0.15, -0.1) is 0 Å². The molecule has 1 atom stereocenters. The Hall–Kier alpha value is -1.73. The van der Waals surface area contributed by atoms with E-state index in [4.69, 9.17) is 10.6 Å². The number of anilines is 1. The lowest BCUT2D eigenvalue weighted by molar-refractivity contribution is -0.150. The fourth-order valence-electron chi connectivity index (χ4n) is 2.39. The molecule has 110 valence electrons. The van der Waals surface area contributed by atoms with Gasteiger partial charge in [0.1, 0.15) is 0 Å². The van der Waals surface area contributed by atoms with Gasteiger partial charge in [0.25, 0.3) is 0 Å². The zero-order chi connectivity index (χ0) is 14.4. The van der Waals surface area contributed by atoms with Crippen LogP contribution in [0.5, 0.6) is 0 Å². The van der Waals surface area contributed by atoms with Gasteiger partial charge >= 0.3 is 5.97 Å². The van der Waals surface area contributed by atoms with E-state index in [9.17, 15) is 4.79 Å². The van der Waals surface area contributed by atoms with Gasteiger partial charge in [-0.3, -0.25) is 14.7 Å². The van der Waals surface area contributed by atoms with Crippen LogP contribution in [0.15, 0.2) is 12.4 Å². The highest BCUT2D eigenvalue weighted by molar-refractivity contribution is 5.72. The van der Waals surface area contributed by atoms with E-state index in [0.717, 1.165) is 31.6 Å². The summed E-state index contributed by atoms with van der Waals surface area (Å²) in [5, 5.41) is 0. The summed E-state index contributed by atoms with van der Waals surface area (Å²) in [7, 11) is 0. The van der Waals surface area contributed by atoms with Gasteiger partial charge in [-0.1, -0.05) is 0 Å². The van der Waals surface area contributed by atoms with Crippen molar-refractivity contribution in [3.8, 4) is 0 Å².